The van der Waals surface area contributed by atoms with Crippen LogP contribution >= 0.6 is 23.2 Å². The summed E-state index contributed by atoms with van der Waals surface area (Å²) < 4.78 is 20.0. The summed E-state index contributed by atoms with van der Waals surface area (Å²) in [5.41, 5.74) is 6.66. The van der Waals surface area contributed by atoms with Crippen LogP contribution in [-0.2, 0) is 9.53 Å². The predicted molar refractivity (Wildman–Crippen MR) is 95.9 cm³/mol. The maximum absolute atomic E-state index is 14.2. The van der Waals surface area contributed by atoms with Crippen molar-refractivity contribution in [2.75, 3.05) is 11.1 Å². The number of nitrogens with two attached hydrogens (primary N) is 1. The van der Waals surface area contributed by atoms with E-state index < -0.39 is 30.2 Å². The largest absolute Gasteiger partial charge is 0.370 e. The van der Waals surface area contributed by atoms with Crippen LogP contribution in [0, 0.1) is 5.92 Å². The molecule has 1 amide bonds. The number of rotatable bonds is 3. The first-order valence-corrected chi connectivity index (χ1v) is 8.82. The van der Waals surface area contributed by atoms with E-state index in [4.69, 9.17) is 33.7 Å². The molecule has 136 valence electrons. The fraction of sp³-hybridized carbons (Fsp3) is 0.353. The Balaban J connectivity index is 1.61. The number of benzene rings is 1. The SMILES string of the molecule is Nc1ncc([C@H]2[C@H]3O[C@H](C[C@@H]3F)[C@H]2C(=O)Nc2ccc(Cl)c(Cl)c2)cn1. The van der Waals surface area contributed by atoms with Crippen molar-refractivity contribution in [3.8, 4) is 0 Å². The van der Waals surface area contributed by atoms with Gasteiger partial charge in [0.1, 0.15) is 6.17 Å². The number of amides is 1. The van der Waals surface area contributed by atoms with Gasteiger partial charge in [-0.05, 0) is 23.8 Å². The van der Waals surface area contributed by atoms with E-state index in [1.807, 2.05) is 0 Å². The Morgan fingerprint density at radius 2 is 2.00 bits per heavy atom. The van der Waals surface area contributed by atoms with Gasteiger partial charge < -0.3 is 15.8 Å². The summed E-state index contributed by atoms with van der Waals surface area (Å²) >= 11 is 11.9. The summed E-state index contributed by atoms with van der Waals surface area (Å²) in [6.07, 6.45) is 0.900. The van der Waals surface area contributed by atoms with Crippen LogP contribution in [0.3, 0.4) is 0 Å². The van der Waals surface area contributed by atoms with Gasteiger partial charge in [-0.15, -0.1) is 0 Å². The van der Waals surface area contributed by atoms with Crippen molar-refractivity contribution >= 4 is 40.7 Å². The number of hydrogen-bond acceptors (Lipinski definition) is 5. The molecule has 2 fully saturated rings. The highest BCUT2D eigenvalue weighted by molar-refractivity contribution is 6.42. The Kier molecular flexibility index (Phi) is 4.46. The molecule has 2 aromatic rings. The second kappa shape index (κ2) is 6.64. The topological polar surface area (TPSA) is 90.1 Å². The molecule has 26 heavy (non-hydrogen) atoms. The molecule has 9 heteroatoms. The van der Waals surface area contributed by atoms with Gasteiger partial charge in [-0.1, -0.05) is 23.2 Å². The third-order valence-corrected chi connectivity index (χ3v) is 5.59. The third kappa shape index (κ3) is 3.00. The average molecular weight is 397 g/mol. The smallest absolute Gasteiger partial charge is 0.230 e. The molecule has 2 aliphatic rings. The van der Waals surface area contributed by atoms with E-state index in [2.05, 4.69) is 15.3 Å². The normalized spacial score (nSPS) is 29.7. The summed E-state index contributed by atoms with van der Waals surface area (Å²) in [4.78, 5) is 20.8. The zero-order chi connectivity index (χ0) is 18.4. The average Bonchev–Trinajstić information content (AvgIpc) is 3.16. The molecule has 2 aliphatic heterocycles. The van der Waals surface area contributed by atoms with Gasteiger partial charge in [-0.2, -0.15) is 0 Å². The van der Waals surface area contributed by atoms with Crippen molar-refractivity contribution < 1.29 is 13.9 Å². The molecule has 6 nitrogen and oxygen atoms in total. The predicted octanol–water partition coefficient (Wildman–Crippen LogP) is 3.21. The number of halogens is 3. The molecule has 2 saturated heterocycles. The van der Waals surface area contributed by atoms with E-state index in [1.54, 1.807) is 18.2 Å². The minimum Gasteiger partial charge on any atom is -0.370 e. The van der Waals surface area contributed by atoms with Crippen molar-refractivity contribution in [2.45, 2.75) is 30.7 Å². The van der Waals surface area contributed by atoms with Crippen LogP contribution in [0.1, 0.15) is 17.9 Å². The number of nitrogens with one attached hydrogen (secondary N) is 1. The molecular weight excluding hydrogens is 382 g/mol. The number of carbonyl (C=O) groups is 1. The van der Waals surface area contributed by atoms with Crippen LogP contribution < -0.4 is 11.1 Å². The molecule has 3 heterocycles. The van der Waals surface area contributed by atoms with E-state index >= 15 is 0 Å². The van der Waals surface area contributed by atoms with E-state index in [0.717, 1.165) is 0 Å². The van der Waals surface area contributed by atoms with Gasteiger partial charge in [0.15, 0.2) is 0 Å². The van der Waals surface area contributed by atoms with Gasteiger partial charge in [0.2, 0.25) is 11.9 Å². The van der Waals surface area contributed by atoms with Crippen LogP contribution in [0.2, 0.25) is 10.0 Å². The molecule has 0 unspecified atom stereocenters. The van der Waals surface area contributed by atoms with Gasteiger partial charge >= 0.3 is 0 Å². The zero-order valence-corrected chi connectivity index (χ0v) is 14.9. The highest BCUT2D eigenvalue weighted by Crippen LogP contribution is 2.50. The Morgan fingerprint density at radius 1 is 1.27 bits per heavy atom. The van der Waals surface area contributed by atoms with E-state index in [-0.39, 0.29) is 18.3 Å². The Labute approximate surface area is 158 Å². The number of nitrogens with zero attached hydrogens (tertiary/aromatic N) is 2. The molecule has 1 aromatic carbocycles. The molecule has 0 saturated carbocycles. The minimum absolute atomic E-state index is 0.117. The highest BCUT2D eigenvalue weighted by Gasteiger charge is 2.57. The number of hydrogen-bond donors (Lipinski definition) is 2. The molecule has 0 radical (unpaired) electrons. The molecule has 1 aromatic heterocycles. The van der Waals surface area contributed by atoms with Gasteiger partial charge in [-0.3, -0.25) is 4.79 Å². The van der Waals surface area contributed by atoms with Gasteiger partial charge in [0.25, 0.3) is 0 Å². The number of ether oxygens (including phenoxy) is 1. The number of fused-ring (bicyclic) bond motifs is 2. The molecule has 0 aliphatic carbocycles. The summed E-state index contributed by atoms with van der Waals surface area (Å²) in [7, 11) is 0. The van der Waals surface area contributed by atoms with Crippen LogP contribution in [-0.4, -0.2) is 34.3 Å². The Hall–Kier alpha value is -1.96. The van der Waals surface area contributed by atoms with E-state index in [9.17, 15) is 9.18 Å². The molecule has 0 spiro atoms. The molecule has 5 atom stereocenters. The number of aromatic nitrogens is 2. The number of anilines is 2. The summed E-state index contributed by atoms with van der Waals surface area (Å²) in [5, 5.41) is 3.54. The number of nitrogen functional groups attached to an aromatic ring is 1. The molecule has 3 N–H and O–H groups in total. The lowest BCUT2D eigenvalue weighted by Crippen LogP contribution is -2.39. The lowest BCUT2D eigenvalue weighted by Gasteiger charge is -2.28. The second-order valence-corrected chi connectivity index (χ2v) is 7.25. The van der Waals surface area contributed by atoms with Crippen LogP contribution in [0.25, 0.3) is 0 Å². The van der Waals surface area contributed by atoms with Crippen LogP contribution in [0.15, 0.2) is 30.6 Å². The lowest BCUT2D eigenvalue weighted by molar-refractivity contribution is -0.121. The number of alkyl halides is 1. The first-order valence-electron chi connectivity index (χ1n) is 8.07. The fourth-order valence-corrected chi connectivity index (χ4v) is 4.02. The Bertz CT molecular complexity index is 851. The fourth-order valence-electron chi connectivity index (χ4n) is 3.72. The van der Waals surface area contributed by atoms with Crippen molar-refractivity contribution in [3.63, 3.8) is 0 Å². The minimum atomic E-state index is -1.13. The van der Waals surface area contributed by atoms with Crippen molar-refractivity contribution in [1.29, 1.82) is 0 Å². The standard InChI is InChI=1S/C17H15Cl2FN4O2/c18-9-2-1-8(3-10(9)19)24-16(25)14-12-4-11(20)15(26-12)13(14)7-5-22-17(21)23-6-7/h1-3,5-6,11-15H,4H2,(H,24,25)(H2,21,22,23)/t11-,12+,13+,14+,15-/m0/s1. The molecule has 2 bridgehead atoms. The summed E-state index contributed by atoms with van der Waals surface area (Å²) in [5.74, 6) is -1.20. The Morgan fingerprint density at radius 3 is 2.69 bits per heavy atom. The van der Waals surface area contributed by atoms with Crippen LogP contribution in [0.5, 0.6) is 0 Å². The molecular formula is C17H15Cl2FN4O2. The highest BCUT2D eigenvalue weighted by atomic mass is 35.5. The van der Waals surface area contributed by atoms with Crippen molar-refractivity contribution in [3.05, 3.63) is 46.2 Å². The summed E-state index contributed by atoms with van der Waals surface area (Å²) in [6.45, 7) is 0. The summed E-state index contributed by atoms with van der Waals surface area (Å²) in [6, 6.07) is 4.81. The second-order valence-electron chi connectivity index (χ2n) is 6.44. The van der Waals surface area contributed by atoms with Gasteiger partial charge in [0, 0.05) is 30.4 Å². The van der Waals surface area contributed by atoms with Crippen molar-refractivity contribution in [1.82, 2.24) is 9.97 Å². The van der Waals surface area contributed by atoms with Crippen LogP contribution in [0.4, 0.5) is 16.0 Å². The zero-order valence-electron chi connectivity index (χ0n) is 13.4. The van der Waals surface area contributed by atoms with Gasteiger partial charge in [-0.25, -0.2) is 14.4 Å². The first-order chi connectivity index (χ1) is 12.4. The maximum Gasteiger partial charge on any atom is 0.230 e. The lowest BCUT2D eigenvalue weighted by atomic mass is 9.75. The maximum atomic E-state index is 14.2. The monoisotopic (exact) mass is 396 g/mol. The third-order valence-electron chi connectivity index (χ3n) is 4.85. The van der Waals surface area contributed by atoms with E-state index in [0.29, 0.717) is 21.3 Å². The number of carbonyl (C=O) groups excluding carboxylic acids is 1. The quantitative estimate of drug-likeness (QED) is 0.830. The molecule has 4 rings (SSSR count). The first kappa shape index (κ1) is 17.5. The van der Waals surface area contributed by atoms with E-state index in [1.165, 1.54) is 12.4 Å². The van der Waals surface area contributed by atoms with Gasteiger partial charge in [0.05, 0.1) is 28.2 Å². The van der Waals surface area contributed by atoms with Crippen molar-refractivity contribution in [2.24, 2.45) is 5.92 Å².